The lowest BCUT2D eigenvalue weighted by Crippen LogP contribution is -2.34. The molecule has 2 aliphatic heterocycles. The summed E-state index contributed by atoms with van der Waals surface area (Å²) in [6, 6.07) is 7.79. The van der Waals surface area contributed by atoms with Gasteiger partial charge in [-0.1, -0.05) is 0 Å². The van der Waals surface area contributed by atoms with E-state index >= 15 is 0 Å². The number of nitro groups is 1. The number of aryl methyl sites for hydroxylation is 1. The molecule has 1 N–H and O–H groups in total. The van der Waals surface area contributed by atoms with Gasteiger partial charge in [-0.2, -0.15) is 5.11 Å². The number of phenolic OH excluding ortho intramolecular Hbond substituents is 1. The van der Waals surface area contributed by atoms with Gasteiger partial charge in [-0.05, 0) is 49.4 Å². The first-order chi connectivity index (χ1) is 12.1. The zero-order chi connectivity index (χ0) is 17.4. The third kappa shape index (κ3) is 2.82. The van der Waals surface area contributed by atoms with Gasteiger partial charge in [-0.15, -0.1) is 5.11 Å². The molecule has 0 aliphatic carbocycles. The van der Waals surface area contributed by atoms with E-state index in [4.69, 9.17) is 0 Å². The molecule has 0 atom stereocenters. The number of phenols is 1. The predicted octanol–water partition coefficient (Wildman–Crippen LogP) is 4.41. The van der Waals surface area contributed by atoms with E-state index in [0.29, 0.717) is 11.4 Å². The minimum absolute atomic E-state index is 0.0140. The molecule has 0 amide bonds. The fourth-order valence-corrected chi connectivity index (χ4v) is 3.65. The average molecular weight is 338 g/mol. The second-order valence-corrected chi connectivity index (χ2v) is 6.40. The van der Waals surface area contributed by atoms with Crippen molar-refractivity contribution in [3.63, 3.8) is 0 Å². The average Bonchev–Trinajstić information content (AvgIpc) is 2.64. The molecule has 2 aromatic rings. The second kappa shape index (κ2) is 6.16. The van der Waals surface area contributed by atoms with Crippen LogP contribution in [0.3, 0.4) is 0 Å². The highest BCUT2D eigenvalue weighted by Gasteiger charge is 2.27. The smallest absolute Gasteiger partial charge is 0.269 e. The topological polar surface area (TPSA) is 91.3 Å². The second-order valence-electron chi connectivity index (χ2n) is 6.40. The molecule has 2 heterocycles. The van der Waals surface area contributed by atoms with Crippen molar-refractivity contribution >= 4 is 22.7 Å². The van der Waals surface area contributed by atoms with Gasteiger partial charge in [0.2, 0.25) is 0 Å². The minimum Gasteiger partial charge on any atom is -0.505 e. The molecule has 0 saturated carbocycles. The van der Waals surface area contributed by atoms with Crippen LogP contribution in [0.2, 0.25) is 0 Å². The third-order valence-corrected chi connectivity index (χ3v) is 4.81. The Morgan fingerprint density at radius 3 is 2.52 bits per heavy atom. The van der Waals surface area contributed by atoms with E-state index in [9.17, 15) is 15.2 Å². The number of benzene rings is 2. The highest BCUT2D eigenvalue weighted by atomic mass is 16.6. The number of nitro benzene ring substituents is 1. The van der Waals surface area contributed by atoms with E-state index in [2.05, 4.69) is 15.1 Å². The third-order valence-electron chi connectivity index (χ3n) is 4.81. The van der Waals surface area contributed by atoms with Crippen molar-refractivity contribution in [3.05, 3.63) is 51.6 Å². The van der Waals surface area contributed by atoms with Crippen molar-refractivity contribution in [1.82, 2.24) is 0 Å². The molecule has 0 spiro atoms. The number of hydrogen-bond acceptors (Lipinski definition) is 6. The largest absolute Gasteiger partial charge is 0.505 e. The van der Waals surface area contributed by atoms with Crippen LogP contribution in [0.5, 0.6) is 5.75 Å². The van der Waals surface area contributed by atoms with Crippen LogP contribution in [-0.2, 0) is 12.8 Å². The monoisotopic (exact) mass is 338 g/mol. The standard InChI is InChI=1S/C18H18N4O3/c23-18-15-4-2-10-21-9-1-3-12(17(15)21)11-16(18)20-19-13-5-7-14(8-6-13)22(24)25/h5-8,11,23H,1-4,9-10H2/b20-19+. The maximum absolute atomic E-state index is 10.7. The molecule has 128 valence electrons. The summed E-state index contributed by atoms with van der Waals surface area (Å²) in [5.41, 5.74) is 4.37. The van der Waals surface area contributed by atoms with Crippen LogP contribution in [0.1, 0.15) is 24.0 Å². The van der Waals surface area contributed by atoms with E-state index in [-0.39, 0.29) is 11.4 Å². The van der Waals surface area contributed by atoms with E-state index < -0.39 is 4.92 Å². The van der Waals surface area contributed by atoms with Crippen molar-refractivity contribution in [1.29, 1.82) is 0 Å². The Balaban J connectivity index is 1.68. The summed E-state index contributed by atoms with van der Waals surface area (Å²) < 4.78 is 0. The molecule has 0 unspecified atom stereocenters. The Kier molecular flexibility index (Phi) is 3.83. The zero-order valence-corrected chi connectivity index (χ0v) is 13.7. The van der Waals surface area contributed by atoms with Crippen LogP contribution in [0, 0.1) is 10.1 Å². The molecule has 0 aromatic heterocycles. The number of hydrogen-bond donors (Lipinski definition) is 1. The summed E-state index contributed by atoms with van der Waals surface area (Å²) in [6.07, 6.45) is 3.98. The number of azo groups is 1. The molecule has 0 radical (unpaired) electrons. The normalized spacial score (nSPS) is 16.1. The van der Waals surface area contributed by atoms with Crippen molar-refractivity contribution in [3.8, 4) is 5.75 Å². The fourth-order valence-electron chi connectivity index (χ4n) is 3.65. The summed E-state index contributed by atoms with van der Waals surface area (Å²) in [5.74, 6) is 0.205. The first kappa shape index (κ1) is 15.6. The quantitative estimate of drug-likeness (QED) is 0.509. The van der Waals surface area contributed by atoms with Crippen LogP contribution < -0.4 is 4.90 Å². The number of rotatable bonds is 3. The molecule has 7 nitrogen and oxygen atoms in total. The fraction of sp³-hybridized carbons (Fsp3) is 0.333. The molecule has 0 saturated heterocycles. The first-order valence-electron chi connectivity index (χ1n) is 8.42. The minimum atomic E-state index is -0.452. The van der Waals surface area contributed by atoms with Gasteiger partial charge >= 0.3 is 0 Å². The Morgan fingerprint density at radius 2 is 1.80 bits per heavy atom. The van der Waals surface area contributed by atoms with Crippen LogP contribution in [0.15, 0.2) is 40.6 Å². The van der Waals surface area contributed by atoms with Gasteiger partial charge in [0.25, 0.3) is 5.69 Å². The van der Waals surface area contributed by atoms with Crippen molar-refractivity contribution in [2.45, 2.75) is 25.7 Å². The number of aromatic hydroxyl groups is 1. The Hall–Kier alpha value is -2.96. The highest BCUT2D eigenvalue weighted by Crippen LogP contribution is 2.45. The lowest BCUT2D eigenvalue weighted by molar-refractivity contribution is -0.384. The van der Waals surface area contributed by atoms with Gasteiger partial charge in [0.1, 0.15) is 11.4 Å². The lowest BCUT2D eigenvalue weighted by Gasteiger charge is -2.37. The molecule has 4 rings (SSSR count). The Bertz CT molecular complexity index is 860. The summed E-state index contributed by atoms with van der Waals surface area (Å²) in [7, 11) is 0. The molecule has 0 fully saturated rings. The van der Waals surface area contributed by atoms with E-state index in [1.807, 2.05) is 6.07 Å². The van der Waals surface area contributed by atoms with Crippen LogP contribution in [0.4, 0.5) is 22.7 Å². The van der Waals surface area contributed by atoms with Crippen LogP contribution >= 0.6 is 0 Å². The maximum atomic E-state index is 10.7. The zero-order valence-electron chi connectivity index (χ0n) is 13.7. The van der Waals surface area contributed by atoms with Gasteiger partial charge in [0.15, 0.2) is 0 Å². The summed E-state index contributed by atoms with van der Waals surface area (Å²) in [6.45, 7) is 2.09. The molecule has 0 bridgehead atoms. The van der Waals surface area contributed by atoms with E-state index in [0.717, 1.165) is 44.3 Å². The van der Waals surface area contributed by atoms with Crippen LogP contribution in [-0.4, -0.2) is 23.1 Å². The first-order valence-corrected chi connectivity index (χ1v) is 8.42. The van der Waals surface area contributed by atoms with Crippen molar-refractivity contribution < 1.29 is 10.0 Å². The van der Waals surface area contributed by atoms with Gasteiger partial charge in [0, 0.05) is 36.5 Å². The summed E-state index contributed by atoms with van der Waals surface area (Å²) in [5, 5.41) is 29.6. The van der Waals surface area contributed by atoms with Gasteiger partial charge in [0.05, 0.1) is 10.6 Å². The van der Waals surface area contributed by atoms with E-state index in [1.165, 1.54) is 23.4 Å². The van der Waals surface area contributed by atoms with Gasteiger partial charge in [-0.25, -0.2) is 0 Å². The number of nitrogens with zero attached hydrogens (tertiary/aromatic N) is 4. The lowest BCUT2D eigenvalue weighted by atomic mass is 9.90. The molecule has 2 aliphatic rings. The molecule has 25 heavy (non-hydrogen) atoms. The Labute approximate surface area is 144 Å². The molecule has 2 aromatic carbocycles. The summed E-state index contributed by atoms with van der Waals surface area (Å²) in [4.78, 5) is 12.6. The predicted molar refractivity (Wildman–Crippen MR) is 94.2 cm³/mol. The highest BCUT2D eigenvalue weighted by molar-refractivity contribution is 5.74. The SMILES string of the molecule is O=[N+]([O-])c1ccc(/N=N/c2cc3c4c(c2O)CCCN4CCC3)cc1. The number of non-ortho nitro benzene ring substituents is 1. The van der Waals surface area contributed by atoms with Crippen molar-refractivity contribution in [2.75, 3.05) is 18.0 Å². The maximum Gasteiger partial charge on any atom is 0.269 e. The Morgan fingerprint density at radius 1 is 1.08 bits per heavy atom. The van der Waals surface area contributed by atoms with Gasteiger partial charge in [-0.3, -0.25) is 10.1 Å². The van der Waals surface area contributed by atoms with Crippen LogP contribution in [0.25, 0.3) is 0 Å². The molecule has 7 heteroatoms. The van der Waals surface area contributed by atoms with E-state index in [1.54, 1.807) is 12.1 Å². The summed E-state index contributed by atoms with van der Waals surface area (Å²) >= 11 is 0. The van der Waals surface area contributed by atoms with Crippen molar-refractivity contribution in [2.24, 2.45) is 10.2 Å². The molecular weight excluding hydrogens is 320 g/mol. The molecular formula is C18H18N4O3. The van der Waals surface area contributed by atoms with Gasteiger partial charge < -0.3 is 10.0 Å². The number of anilines is 1.